The second-order valence-corrected chi connectivity index (χ2v) is 3.61. The van der Waals surface area contributed by atoms with E-state index in [0.29, 0.717) is 0 Å². The molecule has 1 heterocycles. The molecule has 1 aromatic rings. The number of anilines is 1. The Bertz CT molecular complexity index is 311. The van der Waals surface area contributed by atoms with Crippen LogP contribution < -0.4 is 5.32 Å². The Morgan fingerprint density at radius 3 is 3.00 bits per heavy atom. The van der Waals surface area contributed by atoms with Crippen LogP contribution in [-0.2, 0) is 5.60 Å². The predicted octanol–water partition coefficient (Wildman–Crippen LogP) is 2.10. The number of hydrogen-bond acceptors (Lipinski definition) is 2. The summed E-state index contributed by atoms with van der Waals surface area (Å²) in [5.74, 6) is 0. The summed E-state index contributed by atoms with van der Waals surface area (Å²) < 4.78 is 0. The molecule has 0 spiro atoms. The standard InChI is InChI=1S/C11H15NO/c1-2-11(13)7-8-12-10-6-4-3-5-9(10)11/h3-6,12-13H,2,7-8H2,1H3. The first-order chi connectivity index (χ1) is 6.26. The molecular formula is C11H15NO. The fraction of sp³-hybridized carbons (Fsp3) is 0.455. The van der Waals surface area contributed by atoms with Crippen LogP contribution in [-0.4, -0.2) is 11.7 Å². The van der Waals surface area contributed by atoms with Gasteiger partial charge in [0.05, 0.1) is 5.60 Å². The minimum Gasteiger partial charge on any atom is -0.385 e. The van der Waals surface area contributed by atoms with Gasteiger partial charge in [-0.3, -0.25) is 0 Å². The van der Waals surface area contributed by atoms with E-state index in [9.17, 15) is 5.11 Å². The SMILES string of the molecule is CCC1(O)CCNc2ccccc21. The van der Waals surface area contributed by atoms with Gasteiger partial charge in [-0.25, -0.2) is 0 Å². The van der Waals surface area contributed by atoms with Crippen LogP contribution in [0.5, 0.6) is 0 Å². The van der Waals surface area contributed by atoms with E-state index in [0.717, 1.165) is 30.6 Å². The highest BCUT2D eigenvalue weighted by atomic mass is 16.3. The van der Waals surface area contributed by atoms with Crippen molar-refractivity contribution in [2.75, 3.05) is 11.9 Å². The molecule has 2 heteroatoms. The predicted molar refractivity (Wildman–Crippen MR) is 53.7 cm³/mol. The van der Waals surface area contributed by atoms with Crippen molar-refractivity contribution in [2.24, 2.45) is 0 Å². The molecule has 0 fully saturated rings. The van der Waals surface area contributed by atoms with Crippen LogP contribution in [0, 0.1) is 0 Å². The topological polar surface area (TPSA) is 32.3 Å². The zero-order chi connectivity index (χ0) is 9.31. The van der Waals surface area contributed by atoms with Crippen molar-refractivity contribution in [2.45, 2.75) is 25.4 Å². The van der Waals surface area contributed by atoms with E-state index in [1.807, 2.05) is 31.2 Å². The fourth-order valence-corrected chi connectivity index (χ4v) is 1.95. The Morgan fingerprint density at radius 1 is 1.46 bits per heavy atom. The lowest BCUT2D eigenvalue weighted by Gasteiger charge is -2.34. The summed E-state index contributed by atoms with van der Waals surface area (Å²) >= 11 is 0. The first kappa shape index (κ1) is 8.57. The highest BCUT2D eigenvalue weighted by Crippen LogP contribution is 2.36. The number of hydrogen-bond donors (Lipinski definition) is 2. The summed E-state index contributed by atoms with van der Waals surface area (Å²) in [6, 6.07) is 8.00. The molecule has 70 valence electrons. The molecule has 0 aliphatic carbocycles. The molecule has 1 aliphatic heterocycles. The summed E-state index contributed by atoms with van der Waals surface area (Å²) in [5.41, 5.74) is 1.52. The van der Waals surface area contributed by atoms with E-state index in [-0.39, 0.29) is 0 Å². The average molecular weight is 177 g/mol. The molecule has 0 amide bonds. The van der Waals surface area contributed by atoms with Gasteiger partial charge in [0.25, 0.3) is 0 Å². The lowest BCUT2D eigenvalue weighted by atomic mass is 9.84. The zero-order valence-corrected chi connectivity index (χ0v) is 7.88. The maximum atomic E-state index is 10.3. The second-order valence-electron chi connectivity index (χ2n) is 3.61. The van der Waals surface area contributed by atoms with Gasteiger partial charge in [0.2, 0.25) is 0 Å². The summed E-state index contributed by atoms with van der Waals surface area (Å²) in [6.07, 6.45) is 1.59. The smallest absolute Gasteiger partial charge is 0.0930 e. The third kappa shape index (κ3) is 1.31. The summed E-state index contributed by atoms with van der Waals surface area (Å²) in [6.45, 7) is 2.89. The zero-order valence-electron chi connectivity index (χ0n) is 7.88. The minimum atomic E-state index is -0.609. The molecule has 0 saturated heterocycles. The lowest BCUT2D eigenvalue weighted by Crippen LogP contribution is -2.33. The highest BCUT2D eigenvalue weighted by Gasteiger charge is 2.31. The largest absolute Gasteiger partial charge is 0.385 e. The number of rotatable bonds is 1. The first-order valence-corrected chi connectivity index (χ1v) is 4.82. The van der Waals surface area contributed by atoms with Crippen LogP contribution in [0.4, 0.5) is 5.69 Å². The summed E-state index contributed by atoms with van der Waals surface area (Å²) in [4.78, 5) is 0. The number of benzene rings is 1. The number of fused-ring (bicyclic) bond motifs is 1. The third-order valence-corrected chi connectivity index (χ3v) is 2.87. The molecule has 1 unspecified atom stereocenters. The molecule has 0 radical (unpaired) electrons. The van der Waals surface area contributed by atoms with E-state index < -0.39 is 5.60 Å². The van der Waals surface area contributed by atoms with E-state index >= 15 is 0 Å². The third-order valence-electron chi connectivity index (χ3n) is 2.87. The Morgan fingerprint density at radius 2 is 2.23 bits per heavy atom. The van der Waals surface area contributed by atoms with Crippen LogP contribution in [0.15, 0.2) is 24.3 Å². The number of para-hydroxylation sites is 1. The van der Waals surface area contributed by atoms with Crippen molar-refractivity contribution in [3.63, 3.8) is 0 Å². The van der Waals surface area contributed by atoms with Crippen LogP contribution in [0.3, 0.4) is 0 Å². The van der Waals surface area contributed by atoms with Gasteiger partial charge in [0, 0.05) is 17.8 Å². The van der Waals surface area contributed by atoms with E-state index in [1.165, 1.54) is 0 Å². The van der Waals surface area contributed by atoms with Crippen molar-refractivity contribution in [3.05, 3.63) is 29.8 Å². The van der Waals surface area contributed by atoms with Crippen molar-refractivity contribution in [1.82, 2.24) is 0 Å². The molecule has 0 aromatic heterocycles. The Balaban J connectivity index is 2.48. The monoisotopic (exact) mass is 177 g/mol. The maximum Gasteiger partial charge on any atom is 0.0930 e. The van der Waals surface area contributed by atoms with Crippen molar-refractivity contribution in [1.29, 1.82) is 0 Å². The maximum absolute atomic E-state index is 10.3. The van der Waals surface area contributed by atoms with Gasteiger partial charge >= 0.3 is 0 Å². The van der Waals surface area contributed by atoms with Gasteiger partial charge in [-0.1, -0.05) is 25.1 Å². The van der Waals surface area contributed by atoms with Crippen LogP contribution >= 0.6 is 0 Å². The number of aliphatic hydroxyl groups is 1. The van der Waals surface area contributed by atoms with E-state index in [1.54, 1.807) is 0 Å². The highest BCUT2D eigenvalue weighted by molar-refractivity contribution is 5.55. The summed E-state index contributed by atoms with van der Waals surface area (Å²) in [5, 5.41) is 13.6. The van der Waals surface area contributed by atoms with Crippen LogP contribution in [0.25, 0.3) is 0 Å². The Kier molecular flexibility index (Phi) is 2.00. The van der Waals surface area contributed by atoms with Gasteiger partial charge < -0.3 is 10.4 Å². The second kappa shape index (κ2) is 3.04. The molecule has 13 heavy (non-hydrogen) atoms. The average Bonchev–Trinajstić information content (AvgIpc) is 2.19. The van der Waals surface area contributed by atoms with Gasteiger partial charge in [0.15, 0.2) is 0 Å². The molecule has 2 nitrogen and oxygen atoms in total. The quantitative estimate of drug-likeness (QED) is 0.688. The van der Waals surface area contributed by atoms with Gasteiger partial charge in [-0.05, 0) is 18.9 Å². The van der Waals surface area contributed by atoms with E-state index in [2.05, 4.69) is 5.32 Å². The molecule has 2 rings (SSSR count). The van der Waals surface area contributed by atoms with Crippen LogP contribution in [0.1, 0.15) is 25.3 Å². The van der Waals surface area contributed by atoms with Crippen molar-refractivity contribution in [3.8, 4) is 0 Å². The lowest BCUT2D eigenvalue weighted by molar-refractivity contribution is 0.0244. The first-order valence-electron chi connectivity index (χ1n) is 4.82. The molecule has 1 aromatic carbocycles. The fourth-order valence-electron chi connectivity index (χ4n) is 1.95. The van der Waals surface area contributed by atoms with Crippen LogP contribution in [0.2, 0.25) is 0 Å². The van der Waals surface area contributed by atoms with Gasteiger partial charge in [0.1, 0.15) is 0 Å². The number of nitrogens with one attached hydrogen (secondary N) is 1. The molecule has 1 atom stereocenters. The molecule has 1 aliphatic rings. The van der Waals surface area contributed by atoms with Gasteiger partial charge in [-0.15, -0.1) is 0 Å². The molecular weight excluding hydrogens is 162 g/mol. The normalized spacial score (nSPS) is 26.3. The minimum absolute atomic E-state index is 0.609. The molecule has 0 bridgehead atoms. The molecule has 0 saturated carbocycles. The Labute approximate surface area is 78.6 Å². The summed E-state index contributed by atoms with van der Waals surface area (Å²) in [7, 11) is 0. The molecule has 2 N–H and O–H groups in total. The van der Waals surface area contributed by atoms with Crippen molar-refractivity contribution >= 4 is 5.69 Å². The van der Waals surface area contributed by atoms with Crippen molar-refractivity contribution < 1.29 is 5.11 Å². The van der Waals surface area contributed by atoms with E-state index in [4.69, 9.17) is 0 Å². The van der Waals surface area contributed by atoms with Gasteiger partial charge in [-0.2, -0.15) is 0 Å². The Hall–Kier alpha value is -1.02.